The number of carbonyl (C=O) groups is 1. The fraction of sp³-hybridized carbons (Fsp3) is 0.875. The average Bonchev–Trinajstić information content (AvgIpc) is 3.00. The van der Waals surface area contributed by atoms with Gasteiger partial charge in [0.15, 0.2) is 5.96 Å². The van der Waals surface area contributed by atoms with Crippen LogP contribution < -0.4 is 16.0 Å². The summed E-state index contributed by atoms with van der Waals surface area (Å²) in [5, 5.41) is 9.81. The Balaban J connectivity index is 0.00000242. The van der Waals surface area contributed by atoms with Crippen LogP contribution >= 0.6 is 24.0 Å². The Labute approximate surface area is 151 Å². The molecule has 128 valence electrons. The maximum Gasteiger partial charge on any atom is 0.221 e. The summed E-state index contributed by atoms with van der Waals surface area (Å²) in [6.07, 6.45) is 11.7. The van der Waals surface area contributed by atoms with E-state index < -0.39 is 0 Å². The van der Waals surface area contributed by atoms with Crippen molar-refractivity contribution in [3.05, 3.63) is 0 Å². The zero-order chi connectivity index (χ0) is 14.9. The first kappa shape index (κ1) is 19.5. The number of halogens is 1. The van der Waals surface area contributed by atoms with Crippen molar-refractivity contribution in [2.45, 2.75) is 76.3 Å². The molecule has 2 rings (SSSR count). The quantitative estimate of drug-likeness (QED) is 0.363. The Morgan fingerprint density at radius 1 is 0.955 bits per heavy atom. The van der Waals surface area contributed by atoms with Gasteiger partial charge in [-0.3, -0.25) is 9.79 Å². The second kappa shape index (κ2) is 11.1. The fourth-order valence-electron chi connectivity index (χ4n) is 3.30. The number of nitrogens with zero attached hydrogens (tertiary/aromatic N) is 1. The molecule has 5 nitrogen and oxygen atoms in total. The van der Waals surface area contributed by atoms with E-state index in [9.17, 15) is 4.79 Å². The third-order valence-electron chi connectivity index (χ3n) is 4.53. The van der Waals surface area contributed by atoms with Gasteiger partial charge in [0.1, 0.15) is 0 Å². The number of nitrogens with one attached hydrogen (secondary N) is 3. The molecule has 0 aromatic carbocycles. The van der Waals surface area contributed by atoms with Crippen LogP contribution in [-0.4, -0.2) is 37.5 Å². The maximum atomic E-state index is 11.9. The molecule has 0 aromatic heterocycles. The van der Waals surface area contributed by atoms with Crippen LogP contribution in [0, 0.1) is 0 Å². The van der Waals surface area contributed by atoms with E-state index in [1.807, 2.05) is 0 Å². The Morgan fingerprint density at radius 2 is 1.50 bits per heavy atom. The predicted octanol–water partition coefficient (Wildman–Crippen LogP) is 2.55. The molecule has 0 unspecified atom stereocenters. The van der Waals surface area contributed by atoms with Crippen LogP contribution in [0.15, 0.2) is 4.99 Å². The molecule has 6 heteroatoms. The zero-order valence-electron chi connectivity index (χ0n) is 13.7. The SMILES string of the molecule is CN=C(NCCC(=O)NC1CCCCC1)NC1CCCC1.I. The molecule has 2 fully saturated rings. The molecule has 0 bridgehead atoms. The Morgan fingerprint density at radius 3 is 2.09 bits per heavy atom. The lowest BCUT2D eigenvalue weighted by molar-refractivity contribution is -0.121. The molecule has 1 amide bonds. The molecule has 0 atom stereocenters. The summed E-state index contributed by atoms with van der Waals surface area (Å²) in [4.78, 5) is 16.1. The molecule has 0 aromatic rings. The molecule has 0 aliphatic heterocycles. The number of hydrogen-bond donors (Lipinski definition) is 3. The topological polar surface area (TPSA) is 65.5 Å². The highest BCUT2D eigenvalue weighted by molar-refractivity contribution is 14.0. The monoisotopic (exact) mass is 422 g/mol. The molecule has 22 heavy (non-hydrogen) atoms. The van der Waals surface area contributed by atoms with Gasteiger partial charge in [0, 0.05) is 32.1 Å². The lowest BCUT2D eigenvalue weighted by Gasteiger charge is -2.23. The van der Waals surface area contributed by atoms with Gasteiger partial charge < -0.3 is 16.0 Å². The summed E-state index contributed by atoms with van der Waals surface area (Å²) >= 11 is 0. The van der Waals surface area contributed by atoms with Crippen LogP contribution in [0.1, 0.15) is 64.2 Å². The van der Waals surface area contributed by atoms with Crippen molar-refractivity contribution in [3.8, 4) is 0 Å². The van der Waals surface area contributed by atoms with E-state index >= 15 is 0 Å². The first-order valence-corrected chi connectivity index (χ1v) is 8.54. The summed E-state index contributed by atoms with van der Waals surface area (Å²) in [5.41, 5.74) is 0. The normalized spacial score (nSPS) is 20.3. The second-order valence-corrected chi connectivity index (χ2v) is 6.28. The maximum absolute atomic E-state index is 11.9. The van der Waals surface area contributed by atoms with Crippen molar-refractivity contribution in [2.75, 3.05) is 13.6 Å². The van der Waals surface area contributed by atoms with E-state index in [0.717, 1.165) is 18.8 Å². The standard InChI is InChI=1S/C16H30N4O.HI/c1-17-16(20-14-9-5-6-10-14)18-12-11-15(21)19-13-7-3-2-4-8-13;/h13-14H,2-12H2,1H3,(H,19,21)(H2,17,18,20);1H. The van der Waals surface area contributed by atoms with Gasteiger partial charge >= 0.3 is 0 Å². The van der Waals surface area contributed by atoms with Crippen molar-refractivity contribution >= 4 is 35.8 Å². The van der Waals surface area contributed by atoms with Crippen LogP contribution in [0.25, 0.3) is 0 Å². The van der Waals surface area contributed by atoms with Crippen molar-refractivity contribution in [3.63, 3.8) is 0 Å². The summed E-state index contributed by atoms with van der Waals surface area (Å²) in [5.74, 6) is 0.984. The number of guanidine groups is 1. The Hall–Kier alpha value is -0.530. The van der Waals surface area contributed by atoms with Gasteiger partial charge in [0.05, 0.1) is 0 Å². The van der Waals surface area contributed by atoms with Crippen LogP contribution in [0.2, 0.25) is 0 Å². The Kier molecular flexibility index (Phi) is 9.82. The average molecular weight is 422 g/mol. The van der Waals surface area contributed by atoms with Crippen LogP contribution in [0.4, 0.5) is 0 Å². The molecule has 0 heterocycles. The van der Waals surface area contributed by atoms with Crippen molar-refractivity contribution in [1.82, 2.24) is 16.0 Å². The van der Waals surface area contributed by atoms with Crippen LogP contribution in [-0.2, 0) is 4.79 Å². The largest absolute Gasteiger partial charge is 0.356 e. The molecule has 0 spiro atoms. The summed E-state index contributed by atoms with van der Waals surface area (Å²) in [6.45, 7) is 0.644. The first-order valence-electron chi connectivity index (χ1n) is 8.54. The minimum Gasteiger partial charge on any atom is -0.356 e. The molecular formula is C16H31IN4O. The highest BCUT2D eigenvalue weighted by Gasteiger charge is 2.17. The minimum atomic E-state index is 0. The number of aliphatic imine (C=N–C) groups is 1. The smallest absolute Gasteiger partial charge is 0.221 e. The number of rotatable bonds is 5. The number of hydrogen-bond acceptors (Lipinski definition) is 2. The van der Waals surface area contributed by atoms with Crippen molar-refractivity contribution in [1.29, 1.82) is 0 Å². The Bertz CT molecular complexity index is 350. The van der Waals surface area contributed by atoms with Gasteiger partial charge in [-0.05, 0) is 25.7 Å². The van der Waals surface area contributed by atoms with Crippen LogP contribution in [0.3, 0.4) is 0 Å². The van der Waals surface area contributed by atoms with Gasteiger partial charge in [-0.1, -0.05) is 32.1 Å². The van der Waals surface area contributed by atoms with E-state index in [-0.39, 0.29) is 29.9 Å². The number of amides is 1. The van der Waals surface area contributed by atoms with Gasteiger partial charge in [0.25, 0.3) is 0 Å². The van der Waals surface area contributed by atoms with Crippen molar-refractivity contribution in [2.24, 2.45) is 4.99 Å². The second-order valence-electron chi connectivity index (χ2n) is 6.28. The predicted molar refractivity (Wildman–Crippen MR) is 102 cm³/mol. The van der Waals surface area contributed by atoms with Gasteiger partial charge in [-0.15, -0.1) is 24.0 Å². The molecule has 2 aliphatic carbocycles. The molecule has 3 N–H and O–H groups in total. The third kappa shape index (κ3) is 7.15. The minimum absolute atomic E-state index is 0. The van der Waals surface area contributed by atoms with Crippen LogP contribution in [0.5, 0.6) is 0 Å². The lowest BCUT2D eigenvalue weighted by atomic mass is 9.95. The molecule has 0 radical (unpaired) electrons. The summed E-state index contributed by atoms with van der Waals surface area (Å²) in [7, 11) is 1.78. The molecule has 2 aliphatic rings. The lowest BCUT2D eigenvalue weighted by Crippen LogP contribution is -2.44. The third-order valence-corrected chi connectivity index (χ3v) is 4.53. The summed E-state index contributed by atoms with van der Waals surface area (Å²) in [6, 6.07) is 0.953. The highest BCUT2D eigenvalue weighted by Crippen LogP contribution is 2.18. The van der Waals surface area contributed by atoms with E-state index in [0.29, 0.717) is 25.0 Å². The molecular weight excluding hydrogens is 391 g/mol. The van der Waals surface area contributed by atoms with Gasteiger partial charge in [-0.25, -0.2) is 0 Å². The van der Waals surface area contributed by atoms with E-state index in [2.05, 4.69) is 20.9 Å². The van der Waals surface area contributed by atoms with Crippen molar-refractivity contribution < 1.29 is 4.79 Å². The summed E-state index contributed by atoms with van der Waals surface area (Å²) < 4.78 is 0. The van der Waals surface area contributed by atoms with E-state index in [4.69, 9.17) is 0 Å². The van der Waals surface area contributed by atoms with Gasteiger partial charge in [-0.2, -0.15) is 0 Å². The first-order chi connectivity index (χ1) is 10.3. The molecule has 2 saturated carbocycles. The van der Waals surface area contributed by atoms with E-state index in [1.165, 1.54) is 44.9 Å². The molecule has 0 saturated heterocycles. The zero-order valence-corrected chi connectivity index (χ0v) is 16.0. The number of carbonyl (C=O) groups excluding carboxylic acids is 1. The van der Waals surface area contributed by atoms with E-state index in [1.54, 1.807) is 7.05 Å². The highest BCUT2D eigenvalue weighted by atomic mass is 127. The fourth-order valence-corrected chi connectivity index (χ4v) is 3.30. The van der Waals surface area contributed by atoms with Gasteiger partial charge in [0.2, 0.25) is 5.91 Å².